The van der Waals surface area contributed by atoms with Crippen LogP contribution in [-0.2, 0) is 4.74 Å². The lowest BCUT2D eigenvalue weighted by molar-refractivity contribution is 0.0600. The van der Waals surface area contributed by atoms with E-state index in [-0.39, 0.29) is 18.1 Å². The van der Waals surface area contributed by atoms with E-state index in [4.69, 9.17) is 21.7 Å². The molecule has 0 saturated carbocycles. The first-order valence-electron chi connectivity index (χ1n) is 11.7. The van der Waals surface area contributed by atoms with Crippen LogP contribution in [0, 0.1) is 0 Å². The average molecular weight is 499 g/mol. The number of ether oxygens (including phenoxy) is 2. The summed E-state index contributed by atoms with van der Waals surface area (Å²) in [4.78, 5) is 18.7. The molecular formula is C28H26N4O3S. The lowest BCUT2D eigenvalue weighted by Gasteiger charge is -2.29. The number of aromatic nitrogens is 2. The van der Waals surface area contributed by atoms with E-state index in [1.807, 2.05) is 73.8 Å². The number of hydrogen-bond donors (Lipinski definition) is 1. The van der Waals surface area contributed by atoms with Gasteiger partial charge < -0.3 is 24.3 Å². The van der Waals surface area contributed by atoms with Crippen LogP contribution < -0.4 is 15.0 Å². The van der Waals surface area contributed by atoms with E-state index in [1.165, 1.54) is 7.11 Å². The van der Waals surface area contributed by atoms with Gasteiger partial charge in [-0.1, -0.05) is 6.07 Å². The number of nitrogens with zero attached hydrogens (tertiary/aromatic N) is 3. The highest BCUT2D eigenvalue weighted by Crippen LogP contribution is 2.42. The van der Waals surface area contributed by atoms with Crippen LogP contribution >= 0.6 is 12.2 Å². The molecule has 4 aromatic rings. The lowest BCUT2D eigenvalue weighted by atomic mass is 10.0. The van der Waals surface area contributed by atoms with Gasteiger partial charge in [0.1, 0.15) is 11.8 Å². The van der Waals surface area contributed by atoms with Gasteiger partial charge in [0, 0.05) is 29.5 Å². The third-order valence-corrected chi connectivity index (χ3v) is 6.49. The second kappa shape index (κ2) is 10.2. The van der Waals surface area contributed by atoms with Crippen LogP contribution in [0.25, 0.3) is 5.69 Å². The molecule has 1 aliphatic rings. The van der Waals surface area contributed by atoms with Gasteiger partial charge in [-0.25, -0.2) is 4.79 Å². The van der Waals surface area contributed by atoms with E-state index in [0.717, 1.165) is 28.5 Å². The lowest BCUT2D eigenvalue weighted by Crippen LogP contribution is -2.30. The van der Waals surface area contributed by atoms with Gasteiger partial charge in [-0.3, -0.25) is 4.98 Å². The highest BCUT2D eigenvalue weighted by Gasteiger charge is 2.42. The molecule has 1 aliphatic heterocycles. The van der Waals surface area contributed by atoms with E-state index in [2.05, 4.69) is 25.8 Å². The minimum atomic E-state index is -0.364. The number of hydrogen-bond acceptors (Lipinski definition) is 5. The quantitative estimate of drug-likeness (QED) is 0.276. The smallest absolute Gasteiger partial charge is 0.337 e. The number of esters is 1. The van der Waals surface area contributed by atoms with Crippen molar-refractivity contribution in [2.24, 2.45) is 0 Å². The van der Waals surface area contributed by atoms with Crippen molar-refractivity contribution in [3.63, 3.8) is 0 Å². The van der Waals surface area contributed by atoms with Gasteiger partial charge in [0.2, 0.25) is 0 Å². The van der Waals surface area contributed by atoms with Crippen molar-refractivity contribution in [2.75, 3.05) is 18.6 Å². The first-order chi connectivity index (χ1) is 17.6. The first-order valence-corrected chi connectivity index (χ1v) is 12.1. The number of benzene rings is 2. The van der Waals surface area contributed by atoms with Crippen LogP contribution in [0.15, 0.2) is 91.3 Å². The third kappa shape index (κ3) is 4.43. The van der Waals surface area contributed by atoms with Gasteiger partial charge in [0.25, 0.3) is 0 Å². The predicted octanol–water partition coefficient (Wildman–Crippen LogP) is 5.23. The molecule has 182 valence electrons. The van der Waals surface area contributed by atoms with Crippen LogP contribution in [0.4, 0.5) is 5.69 Å². The molecule has 8 heteroatoms. The molecule has 0 amide bonds. The Morgan fingerprint density at radius 2 is 1.75 bits per heavy atom. The summed E-state index contributed by atoms with van der Waals surface area (Å²) in [6.07, 6.45) is 3.80. The van der Waals surface area contributed by atoms with Crippen LogP contribution in [0.5, 0.6) is 5.75 Å². The van der Waals surface area contributed by atoms with Crippen LogP contribution in [0.3, 0.4) is 0 Å². The van der Waals surface area contributed by atoms with Crippen molar-refractivity contribution in [1.29, 1.82) is 0 Å². The topological polar surface area (TPSA) is 68.6 Å². The van der Waals surface area contributed by atoms with Crippen LogP contribution in [0.2, 0.25) is 0 Å². The number of pyridine rings is 1. The molecule has 1 fully saturated rings. The molecule has 0 radical (unpaired) electrons. The predicted molar refractivity (Wildman–Crippen MR) is 143 cm³/mol. The zero-order valence-corrected chi connectivity index (χ0v) is 20.8. The van der Waals surface area contributed by atoms with Crippen molar-refractivity contribution in [3.8, 4) is 11.4 Å². The Hall–Kier alpha value is -4.17. The summed E-state index contributed by atoms with van der Waals surface area (Å²) in [5.41, 5.74) is 4.30. The summed E-state index contributed by atoms with van der Waals surface area (Å²) in [6, 6.07) is 24.9. The van der Waals surface area contributed by atoms with Gasteiger partial charge >= 0.3 is 5.97 Å². The highest BCUT2D eigenvalue weighted by molar-refractivity contribution is 7.80. The molecule has 5 rings (SSSR count). The Labute approximate surface area is 215 Å². The van der Waals surface area contributed by atoms with Crippen molar-refractivity contribution >= 4 is 29.0 Å². The van der Waals surface area contributed by atoms with Crippen LogP contribution in [-0.4, -0.2) is 34.3 Å². The maximum atomic E-state index is 11.9. The third-order valence-electron chi connectivity index (χ3n) is 6.17. The average Bonchev–Trinajstić information content (AvgIpc) is 3.54. The second-order valence-corrected chi connectivity index (χ2v) is 8.65. The molecule has 0 aliphatic carbocycles. The van der Waals surface area contributed by atoms with E-state index in [9.17, 15) is 4.79 Å². The van der Waals surface area contributed by atoms with E-state index >= 15 is 0 Å². The number of carbonyl (C=O) groups is 1. The molecule has 2 aromatic heterocycles. The normalized spacial score (nSPS) is 17.1. The van der Waals surface area contributed by atoms with Crippen molar-refractivity contribution < 1.29 is 14.3 Å². The first kappa shape index (κ1) is 23.6. The standard InChI is InChI=1S/C28H26N4O3S/c1-3-35-22-15-13-21(14-16-22)32-26(25(30-28(32)36)23-7-4-5-17-29-23)24-8-6-18-31(24)20-11-9-19(10-12-20)27(33)34-2/h4-18,25-26H,3H2,1-2H3,(H,30,36)/t25-,26+/m1/s1. The summed E-state index contributed by atoms with van der Waals surface area (Å²) in [5.74, 6) is 0.447. The van der Waals surface area contributed by atoms with Gasteiger partial charge in [-0.15, -0.1) is 0 Å². The van der Waals surface area contributed by atoms with Gasteiger partial charge in [-0.2, -0.15) is 0 Å². The summed E-state index contributed by atoms with van der Waals surface area (Å²) in [6.45, 7) is 2.57. The number of methoxy groups -OCH3 is 1. The maximum Gasteiger partial charge on any atom is 0.337 e. The van der Waals surface area contributed by atoms with Crippen LogP contribution in [0.1, 0.15) is 40.8 Å². The number of nitrogens with one attached hydrogen (secondary N) is 1. The monoisotopic (exact) mass is 498 g/mol. The number of rotatable bonds is 7. The van der Waals surface area contributed by atoms with Crippen molar-refractivity contribution in [3.05, 3.63) is 108 Å². The van der Waals surface area contributed by atoms with Crippen molar-refractivity contribution in [1.82, 2.24) is 14.9 Å². The van der Waals surface area contributed by atoms with E-state index in [1.54, 1.807) is 18.3 Å². The molecular weight excluding hydrogens is 472 g/mol. The molecule has 2 aromatic carbocycles. The number of carbonyl (C=O) groups excluding carboxylic acids is 1. The molecule has 0 unspecified atom stereocenters. The van der Waals surface area contributed by atoms with E-state index < -0.39 is 0 Å². The second-order valence-electron chi connectivity index (χ2n) is 8.27. The summed E-state index contributed by atoms with van der Waals surface area (Å²) < 4.78 is 12.6. The van der Waals surface area contributed by atoms with Gasteiger partial charge in [0.05, 0.1) is 31.0 Å². The summed E-state index contributed by atoms with van der Waals surface area (Å²) in [7, 11) is 1.38. The van der Waals surface area contributed by atoms with Gasteiger partial charge in [0.15, 0.2) is 5.11 Å². The van der Waals surface area contributed by atoms with Gasteiger partial charge in [-0.05, 0) is 91.9 Å². The largest absolute Gasteiger partial charge is 0.494 e. The Morgan fingerprint density at radius 3 is 2.42 bits per heavy atom. The molecule has 1 N–H and O–H groups in total. The van der Waals surface area contributed by atoms with E-state index in [0.29, 0.717) is 17.3 Å². The zero-order valence-electron chi connectivity index (χ0n) is 20.0. The number of thiocarbonyl (C=S) groups is 1. The Balaban J connectivity index is 1.59. The maximum absolute atomic E-state index is 11.9. The highest BCUT2D eigenvalue weighted by atomic mass is 32.1. The SMILES string of the molecule is CCOc1ccc(N2C(=S)N[C@H](c3ccccn3)[C@@H]2c2cccn2-c2ccc(C(=O)OC)cc2)cc1. The molecule has 0 spiro atoms. The Kier molecular flexibility index (Phi) is 6.69. The zero-order chi connectivity index (χ0) is 25.1. The molecule has 3 heterocycles. The fourth-order valence-corrected chi connectivity index (χ4v) is 4.90. The summed E-state index contributed by atoms with van der Waals surface area (Å²) >= 11 is 5.85. The summed E-state index contributed by atoms with van der Waals surface area (Å²) in [5, 5.41) is 4.12. The Bertz CT molecular complexity index is 1350. The minimum Gasteiger partial charge on any atom is -0.494 e. The fraction of sp³-hybridized carbons (Fsp3) is 0.179. The fourth-order valence-electron chi connectivity index (χ4n) is 4.55. The molecule has 1 saturated heterocycles. The molecule has 2 atom stereocenters. The Morgan fingerprint density at radius 1 is 1.00 bits per heavy atom. The molecule has 0 bridgehead atoms. The minimum absolute atomic E-state index is 0.173. The molecule has 7 nitrogen and oxygen atoms in total. The van der Waals surface area contributed by atoms with Crippen molar-refractivity contribution in [2.45, 2.75) is 19.0 Å². The number of anilines is 1. The molecule has 36 heavy (non-hydrogen) atoms.